The van der Waals surface area contributed by atoms with Crippen molar-refractivity contribution in [2.24, 2.45) is 0 Å². The second kappa shape index (κ2) is 7.87. The van der Waals surface area contributed by atoms with E-state index >= 15 is 0 Å². The fourth-order valence-electron chi connectivity index (χ4n) is 1.58. The van der Waals surface area contributed by atoms with Crippen molar-refractivity contribution in [2.45, 2.75) is 39.7 Å². The van der Waals surface area contributed by atoms with Gasteiger partial charge in [0.1, 0.15) is 6.04 Å². The van der Waals surface area contributed by atoms with Gasteiger partial charge in [-0.1, -0.05) is 19.9 Å². The third-order valence-electron chi connectivity index (χ3n) is 2.33. The van der Waals surface area contributed by atoms with Crippen molar-refractivity contribution >= 4 is 11.8 Å². The summed E-state index contributed by atoms with van der Waals surface area (Å²) >= 11 is 0. The van der Waals surface area contributed by atoms with Crippen LogP contribution in [0, 0.1) is 0 Å². The van der Waals surface area contributed by atoms with Crippen LogP contribution in [0.2, 0.25) is 0 Å². The van der Waals surface area contributed by atoms with Crippen LogP contribution < -0.4 is 0 Å². The monoisotopic (exact) mass is 246 g/mol. The van der Waals surface area contributed by atoms with Crippen LogP contribution >= 0.6 is 0 Å². The van der Waals surface area contributed by atoms with Gasteiger partial charge in [0.2, 0.25) is 11.8 Å². The van der Waals surface area contributed by atoms with E-state index in [1.807, 2.05) is 0 Å². The molecule has 2 amide bonds. The molecule has 17 heavy (non-hydrogen) atoms. The molecule has 0 heterocycles. The third kappa shape index (κ3) is 4.59. The minimum atomic E-state index is -3.11. The van der Waals surface area contributed by atoms with Gasteiger partial charge in [-0.05, 0) is 25.8 Å². The molecular formula is C13H24N2O2. The zero-order valence-corrected chi connectivity index (χ0v) is 10.6. The number of nitrogens with zero attached hydrogens (tertiary/aromatic N) is 2. The lowest BCUT2D eigenvalue weighted by atomic mass is 10.1. The Hall–Kier alpha value is -1.32. The number of carbonyl (C=O) groups is 2. The highest BCUT2D eigenvalue weighted by Crippen LogP contribution is 2.09. The molecule has 0 aromatic rings. The minimum absolute atomic E-state index is 0.0836. The second-order valence-electron chi connectivity index (χ2n) is 3.63. The summed E-state index contributed by atoms with van der Waals surface area (Å²) < 4.78 is 44.0. The van der Waals surface area contributed by atoms with Crippen molar-refractivity contribution in [1.82, 2.24) is 9.80 Å². The summed E-state index contributed by atoms with van der Waals surface area (Å²) in [6, 6.07) is -1.14. The van der Waals surface area contributed by atoms with E-state index in [-0.39, 0.29) is 17.9 Å². The van der Waals surface area contributed by atoms with E-state index in [9.17, 15) is 9.59 Å². The molecule has 0 saturated heterocycles. The Morgan fingerprint density at radius 2 is 2.00 bits per heavy atom. The molecule has 98 valence electrons. The van der Waals surface area contributed by atoms with E-state index in [0.29, 0.717) is 6.42 Å². The van der Waals surface area contributed by atoms with Gasteiger partial charge in [0.15, 0.2) is 0 Å². The normalized spacial score (nSPS) is 19.2. The number of amides is 2. The maximum atomic E-state index is 12.6. The number of hydrogen-bond acceptors (Lipinski definition) is 2. The molecule has 4 heteroatoms. The molecule has 0 saturated carbocycles. The second-order valence-corrected chi connectivity index (χ2v) is 3.63. The molecule has 0 N–H and O–H groups in total. The van der Waals surface area contributed by atoms with Gasteiger partial charge in [0, 0.05) is 28.7 Å². The Kier molecular flexibility index (Phi) is 3.66. The Bertz CT molecular complexity index is 431. The van der Waals surface area contributed by atoms with Crippen molar-refractivity contribution in [3.05, 3.63) is 12.2 Å². The summed E-state index contributed by atoms with van der Waals surface area (Å²) in [7, 11) is 0. The van der Waals surface area contributed by atoms with Crippen LogP contribution in [0.4, 0.5) is 0 Å². The highest BCUT2D eigenvalue weighted by Gasteiger charge is 2.27. The number of likely N-dealkylation sites (N-methyl/N-ethyl adjacent to an activating group) is 1. The lowest BCUT2D eigenvalue weighted by Gasteiger charge is -2.31. The molecule has 1 unspecified atom stereocenters. The van der Waals surface area contributed by atoms with Crippen LogP contribution in [-0.4, -0.2) is 48.2 Å². The van der Waals surface area contributed by atoms with Crippen molar-refractivity contribution in [1.29, 1.82) is 0 Å². The number of carbonyl (C=O) groups excluding carboxylic acids is 2. The van der Waals surface area contributed by atoms with Gasteiger partial charge in [-0.15, -0.1) is 0 Å². The van der Waals surface area contributed by atoms with Crippen LogP contribution in [-0.2, 0) is 9.59 Å². The maximum Gasteiger partial charge on any atom is 0.246 e. The van der Waals surface area contributed by atoms with E-state index < -0.39 is 31.8 Å². The van der Waals surface area contributed by atoms with Gasteiger partial charge < -0.3 is 9.80 Å². The standard InChI is InChI=1S/C13H24N2O2/c1-6-9-12(16)15(10-7-2)11(8-3)13(17)14(4)5/h6,9,11H,7-8,10H2,1-5H3/b9-6+/i4D3,5D3. The molecule has 0 spiro atoms. The Morgan fingerprint density at radius 3 is 2.41 bits per heavy atom. The first-order valence-electron chi connectivity index (χ1n) is 8.69. The lowest BCUT2D eigenvalue weighted by Crippen LogP contribution is -2.48. The van der Waals surface area contributed by atoms with Crippen molar-refractivity contribution in [3.63, 3.8) is 0 Å². The Labute approximate surface area is 113 Å². The summed E-state index contributed by atoms with van der Waals surface area (Å²) in [5.41, 5.74) is 0. The van der Waals surface area contributed by atoms with Crippen molar-refractivity contribution in [2.75, 3.05) is 20.5 Å². The first-order valence-corrected chi connectivity index (χ1v) is 5.69. The smallest absolute Gasteiger partial charge is 0.246 e. The van der Waals surface area contributed by atoms with Crippen molar-refractivity contribution in [3.8, 4) is 0 Å². The van der Waals surface area contributed by atoms with Crippen LogP contribution in [0.3, 0.4) is 0 Å². The van der Waals surface area contributed by atoms with Gasteiger partial charge in [0.25, 0.3) is 0 Å². The van der Waals surface area contributed by atoms with E-state index in [1.54, 1.807) is 20.8 Å². The minimum Gasteiger partial charge on any atom is -0.347 e. The molecule has 0 radical (unpaired) electrons. The molecule has 0 rings (SSSR count). The van der Waals surface area contributed by atoms with Crippen molar-refractivity contribution < 1.29 is 17.8 Å². The van der Waals surface area contributed by atoms with Crippen LogP contribution in [0.5, 0.6) is 0 Å². The topological polar surface area (TPSA) is 40.6 Å². The maximum absolute atomic E-state index is 12.6. The molecule has 0 aliphatic rings. The average Bonchev–Trinajstić information content (AvgIpc) is 2.35. The average molecular weight is 246 g/mol. The zero-order valence-electron chi connectivity index (χ0n) is 16.6. The number of hydrogen-bond donors (Lipinski definition) is 0. The zero-order chi connectivity index (χ0) is 18.4. The van der Waals surface area contributed by atoms with Gasteiger partial charge in [-0.2, -0.15) is 0 Å². The van der Waals surface area contributed by atoms with E-state index in [2.05, 4.69) is 0 Å². The molecule has 1 atom stereocenters. The lowest BCUT2D eigenvalue weighted by molar-refractivity contribution is -0.142. The van der Waals surface area contributed by atoms with Crippen LogP contribution in [0.25, 0.3) is 0 Å². The predicted molar refractivity (Wildman–Crippen MR) is 69.6 cm³/mol. The first kappa shape index (κ1) is 7.90. The number of rotatable bonds is 6. The van der Waals surface area contributed by atoms with Gasteiger partial charge in [-0.3, -0.25) is 9.59 Å². The Balaban J connectivity index is 5.78. The van der Waals surface area contributed by atoms with E-state index in [4.69, 9.17) is 8.22 Å². The predicted octanol–water partition coefficient (Wildman–Crippen LogP) is 1.67. The largest absolute Gasteiger partial charge is 0.347 e. The summed E-state index contributed by atoms with van der Waals surface area (Å²) in [5, 5.41) is 0. The third-order valence-corrected chi connectivity index (χ3v) is 2.33. The summed E-state index contributed by atoms with van der Waals surface area (Å²) in [5.74, 6) is -1.55. The van der Waals surface area contributed by atoms with Crippen LogP contribution in [0.1, 0.15) is 41.8 Å². The summed E-state index contributed by atoms with van der Waals surface area (Å²) in [4.78, 5) is 25.9. The van der Waals surface area contributed by atoms with E-state index in [1.165, 1.54) is 17.1 Å². The molecule has 0 aromatic heterocycles. The molecule has 0 fully saturated rings. The quantitative estimate of drug-likeness (QED) is 0.669. The fourth-order valence-corrected chi connectivity index (χ4v) is 1.58. The highest BCUT2D eigenvalue weighted by molar-refractivity contribution is 5.92. The first-order chi connectivity index (χ1) is 10.4. The summed E-state index contributed by atoms with van der Waals surface area (Å²) in [6.45, 7) is -0.955. The molecular weight excluding hydrogens is 216 g/mol. The van der Waals surface area contributed by atoms with E-state index in [0.717, 1.165) is 0 Å². The van der Waals surface area contributed by atoms with Gasteiger partial charge >= 0.3 is 0 Å². The molecule has 0 aliphatic heterocycles. The molecule has 4 nitrogen and oxygen atoms in total. The number of allylic oxidation sites excluding steroid dienone is 1. The Morgan fingerprint density at radius 1 is 1.35 bits per heavy atom. The van der Waals surface area contributed by atoms with Gasteiger partial charge in [-0.25, -0.2) is 0 Å². The molecule has 0 aliphatic carbocycles. The summed E-state index contributed by atoms with van der Waals surface area (Å²) in [6.07, 6.45) is 3.44. The SMILES string of the molecule is [2H]C([2H])([2H])N(C(=O)C(CC)N(CCC)C(=O)/C=C/C)C([2H])([2H])[2H]. The van der Waals surface area contributed by atoms with Gasteiger partial charge in [0.05, 0.1) is 0 Å². The molecule has 0 aromatic carbocycles. The van der Waals surface area contributed by atoms with Crippen LogP contribution in [0.15, 0.2) is 12.2 Å². The fraction of sp³-hybridized carbons (Fsp3) is 0.692. The highest BCUT2D eigenvalue weighted by atomic mass is 16.2. The molecule has 0 bridgehead atoms.